The van der Waals surface area contributed by atoms with Crippen molar-refractivity contribution >= 4 is 47.6 Å². The lowest BCUT2D eigenvalue weighted by atomic mass is 9.95. The first-order valence-corrected chi connectivity index (χ1v) is 15.2. The maximum atomic E-state index is 13.2. The highest BCUT2D eigenvalue weighted by Crippen LogP contribution is 2.30. The van der Waals surface area contributed by atoms with Crippen molar-refractivity contribution in [2.24, 2.45) is 0 Å². The number of aliphatic hydroxyl groups is 1. The molecule has 4 aromatic carbocycles. The van der Waals surface area contributed by atoms with E-state index < -0.39 is 52.1 Å². The van der Waals surface area contributed by atoms with Gasteiger partial charge in [0.05, 0.1) is 43.6 Å². The van der Waals surface area contributed by atoms with Crippen LogP contribution >= 0.6 is 0 Å². The summed E-state index contributed by atoms with van der Waals surface area (Å²) in [5, 5.41) is 39.1. The first-order valence-electron chi connectivity index (χ1n) is 15.2. The summed E-state index contributed by atoms with van der Waals surface area (Å²) in [5.74, 6) is -6.62. The molecule has 0 amide bonds. The van der Waals surface area contributed by atoms with Gasteiger partial charge in [-0.3, -0.25) is 9.59 Å². The quantitative estimate of drug-likeness (QED) is 0.0303. The van der Waals surface area contributed by atoms with Crippen LogP contribution in [0.25, 0.3) is 12.2 Å². The number of aliphatic hydroxyl groups excluding tert-OH is 1. The molecule has 0 aliphatic rings. The van der Waals surface area contributed by atoms with Crippen molar-refractivity contribution in [3.8, 4) is 23.0 Å². The molecule has 4 aromatic rings. The third-order valence-corrected chi connectivity index (χ3v) is 7.42. The zero-order chi connectivity index (χ0) is 38.8. The summed E-state index contributed by atoms with van der Waals surface area (Å²) in [6.45, 7) is 0. The third kappa shape index (κ3) is 9.40. The Kier molecular flexibility index (Phi) is 12.3. The van der Waals surface area contributed by atoms with Crippen LogP contribution in [0.1, 0.15) is 68.5 Å². The summed E-state index contributed by atoms with van der Waals surface area (Å²) >= 11 is 0. The molecule has 0 aliphatic heterocycles. The third-order valence-electron chi connectivity index (χ3n) is 7.42. The van der Waals surface area contributed by atoms with Crippen LogP contribution in [-0.2, 0) is 9.53 Å². The maximum Gasteiger partial charge on any atom is 0.344 e. The van der Waals surface area contributed by atoms with Crippen molar-refractivity contribution < 1.29 is 68.1 Å². The van der Waals surface area contributed by atoms with E-state index in [2.05, 4.69) is 4.74 Å². The van der Waals surface area contributed by atoms with Crippen LogP contribution in [0.3, 0.4) is 0 Å². The topological polar surface area (TPSA) is 220 Å². The summed E-state index contributed by atoms with van der Waals surface area (Å²) in [6, 6.07) is 15.2. The smallest absolute Gasteiger partial charge is 0.344 e. The van der Waals surface area contributed by atoms with Gasteiger partial charge in [-0.2, -0.15) is 0 Å². The Bertz CT molecular complexity index is 2230. The number of aromatic hydroxyl groups is 1. The number of phenolic OH excluding ortho intramolecular Hbond substituents is 1. The number of hydrogen-bond acceptors (Lipinski definition) is 12. The first-order chi connectivity index (χ1) is 25.3. The molecule has 4 N–H and O–H groups in total. The number of esters is 2. The number of allylic oxidation sites excluding steroid dienone is 3. The van der Waals surface area contributed by atoms with Crippen LogP contribution in [0, 0.1) is 0 Å². The number of ketones is 2. The molecule has 4 rings (SSSR count). The zero-order valence-corrected chi connectivity index (χ0v) is 28.2. The second-order valence-electron chi connectivity index (χ2n) is 10.8. The van der Waals surface area contributed by atoms with E-state index in [0.29, 0.717) is 11.1 Å². The van der Waals surface area contributed by atoms with E-state index in [0.717, 1.165) is 43.5 Å². The molecular weight excluding hydrogens is 692 g/mol. The Morgan fingerprint density at radius 2 is 1.13 bits per heavy atom. The highest BCUT2D eigenvalue weighted by atomic mass is 16.6. The fourth-order valence-corrected chi connectivity index (χ4v) is 4.78. The standard InChI is InChI=1S/C39H30O14/c1-50-33-16-21(6-14-31(33)42)4-10-25(40)20-26(41)11-5-22-7-15-32(34(17-22)51-2)53-39(49)28-13-9-23(18-29(28)37(46)47)35(43)24-8-12-27(36(44)45)30(19-24)38(48)52-3/h4-20,40,42H,1-3H3,(H,44,45)(H,46,47)/b10-4+,11-5+,25-20-. The van der Waals surface area contributed by atoms with Gasteiger partial charge in [-0.25, -0.2) is 19.2 Å². The predicted molar refractivity (Wildman–Crippen MR) is 188 cm³/mol. The number of carboxylic acid groups (broad SMARTS) is 2. The molecule has 0 saturated carbocycles. The number of aromatic carboxylic acids is 2. The summed E-state index contributed by atoms with van der Waals surface area (Å²) in [4.78, 5) is 74.6. The van der Waals surface area contributed by atoms with Gasteiger partial charge >= 0.3 is 23.9 Å². The van der Waals surface area contributed by atoms with Gasteiger partial charge in [0.25, 0.3) is 0 Å². The van der Waals surface area contributed by atoms with Crippen LogP contribution < -0.4 is 14.2 Å². The number of hydrogen-bond donors (Lipinski definition) is 4. The van der Waals surface area contributed by atoms with Crippen LogP contribution in [-0.4, -0.2) is 77.2 Å². The minimum atomic E-state index is -1.56. The molecular formula is C39H30O14. The summed E-state index contributed by atoms with van der Waals surface area (Å²) < 4.78 is 20.4. The lowest BCUT2D eigenvalue weighted by Crippen LogP contribution is -2.16. The number of carbonyl (C=O) groups is 6. The van der Waals surface area contributed by atoms with Gasteiger partial charge < -0.3 is 39.4 Å². The molecule has 0 aliphatic carbocycles. The van der Waals surface area contributed by atoms with E-state index in [9.17, 15) is 49.2 Å². The average molecular weight is 723 g/mol. The molecule has 0 heterocycles. The van der Waals surface area contributed by atoms with Gasteiger partial charge in [0.15, 0.2) is 34.6 Å². The van der Waals surface area contributed by atoms with Crippen LogP contribution in [0.5, 0.6) is 23.0 Å². The van der Waals surface area contributed by atoms with Crippen molar-refractivity contribution in [1.82, 2.24) is 0 Å². The molecule has 0 atom stereocenters. The Morgan fingerprint density at radius 3 is 1.74 bits per heavy atom. The number of carboxylic acids is 2. The van der Waals surface area contributed by atoms with Crippen molar-refractivity contribution in [2.75, 3.05) is 21.3 Å². The highest BCUT2D eigenvalue weighted by Gasteiger charge is 2.24. The molecule has 0 spiro atoms. The zero-order valence-electron chi connectivity index (χ0n) is 28.2. The van der Waals surface area contributed by atoms with Gasteiger partial charge in [0.2, 0.25) is 0 Å². The largest absolute Gasteiger partial charge is 0.508 e. The van der Waals surface area contributed by atoms with E-state index in [-0.39, 0.29) is 45.4 Å². The van der Waals surface area contributed by atoms with E-state index in [4.69, 9.17) is 14.2 Å². The molecule has 14 heteroatoms. The molecule has 14 nitrogen and oxygen atoms in total. The fraction of sp³-hybridized carbons (Fsp3) is 0.0769. The minimum Gasteiger partial charge on any atom is -0.508 e. The molecule has 0 saturated heterocycles. The van der Waals surface area contributed by atoms with Crippen molar-refractivity contribution in [1.29, 1.82) is 0 Å². The highest BCUT2D eigenvalue weighted by molar-refractivity contribution is 6.13. The van der Waals surface area contributed by atoms with Gasteiger partial charge in [0, 0.05) is 17.2 Å². The van der Waals surface area contributed by atoms with Crippen molar-refractivity contribution in [3.63, 3.8) is 0 Å². The molecule has 270 valence electrons. The summed E-state index contributed by atoms with van der Waals surface area (Å²) in [7, 11) is 3.72. The Labute approximate surface area is 301 Å². The summed E-state index contributed by atoms with van der Waals surface area (Å²) in [6.07, 6.45) is 6.36. The normalized spacial score (nSPS) is 11.3. The lowest BCUT2D eigenvalue weighted by Gasteiger charge is -2.12. The Morgan fingerprint density at radius 1 is 0.566 bits per heavy atom. The number of rotatable bonds is 14. The second kappa shape index (κ2) is 17.0. The number of phenols is 1. The lowest BCUT2D eigenvalue weighted by molar-refractivity contribution is -0.110. The first kappa shape index (κ1) is 38.3. The minimum absolute atomic E-state index is 0.0495. The molecule has 0 bridgehead atoms. The van der Waals surface area contributed by atoms with Crippen LogP contribution in [0.15, 0.2) is 96.8 Å². The molecule has 0 radical (unpaired) electrons. The van der Waals surface area contributed by atoms with E-state index >= 15 is 0 Å². The molecule has 0 unspecified atom stereocenters. The molecule has 0 fully saturated rings. The monoisotopic (exact) mass is 722 g/mol. The second-order valence-corrected chi connectivity index (χ2v) is 10.8. The van der Waals surface area contributed by atoms with Crippen molar-refractivity contribution in [3.05, 3.63) is 141 Å². The number of carbonyl (C=O) groups excluding carboxylic acids is 4. The summed E-state index contributed by atoms with van der Waals surface area (Å²) in [5.41, 5.74) is -1.07. The van der Waals surface area contributed by atoms with Crippen LogP contribution in [0.2, 0.25) is 0 Å². The SMILES string of the molecule is COC(=O)c1cc(C(=O)c2ccc(C(=O)Oc3ccc(/C=C/C(=O)/C=C(O)/C=C/c4ccc(O)c(OC)c4)cc3OC)c(C(=O)O)c2)ccc1C(=O)O. The Balaban J connectivity index is 1.50. The molecule has 0 aromatic heterocycles. The van der Waals surface area contributed by atoms with Crippen LogP contribution in [0.4, 0.5) is 0 Å². The number of ether oxygens (including phenoxy) is 4. The van der Waals surface area contributed by atoms with E-state index in [1.165, 1.54) is 74.9 Å². The number of methoxy groups -OCH3 is 3. The van der Waals surface area contributed by atoms with E-state index in [1.54, 1.807) is 6.07 Å². The van der Waals surface area contributed by atoms with E-state index in [1.807, 2.05) is 0 Å². The molecule has 53 heavy (non-hydrogen) atoms. The van der Waals surface area contributed by atoms with Gasteiger partial charge in [0.1, 0.15) is 5.76 Å². The van der Waals surface area contributed by atoms with Crippen molar-refractivity contribution in [2.45, 2.75) is 0 Å². The van der Waals surface area contributed by atoms with Gasteiger partial charge in [-0.05, 0) is 71.8 Å². The average Bonchev–Trinajstić information content (AvgIpc) is 3.15. The van der Waals surface area contributed by atoms with Gasteiger partial charge in [-0.1, -0.05) is 36.4 Å². The number of benzene rings is 4. The Hall–Kier alpha value is -7.48. The van der Waals surface area contributed by atoms with Gasteiger partial charge in [-0.15, -0.1) is 0 Å². The fourth-order valence-electron chi connectivity index (χ4n) is 4.78. The predicted octanol–water partition coefficient (Wildman–Crippen LogP) is 5.78. The maximum absolute atomic E-state index is 13.2.